The Morgan fingerprint density at radius 2 is 2.05 bits per heavy atom. The van der Waals surface area contributed by atoms with E-state index in [1.165, 1.54) is 10.9 Å². The molecule has 8 heteroatoms. The van der Waals surface area contributed by atoms with E-state index < -0.39 is 11.6 Å². The van der Waals surface area contributed by atoms with Crippen molar-refractivity contribution in [2.45, 2.75) is 9.79 Å². The smallest absolute Gasteiger partial charge is 0.170 e. The van der Waals surface area contributed by atoms with Crippen LogP contribution in [0, 0.1) is 11.6 Å². The molecule has 5 nitrogen and oxygen atoms in total. The molecular formula is C11H10F2N4OS. The molecule has 0 amide bonds. The molecule has 100 valence electrons. The lowest BCUT2D eigenvalue weighted by molar-refractivity contribution is 0.318. The number of halogens is 2. The zero-order valence-corrected chi connectivity index (χ0v) is 10.7. The largest absolute Gasteiger partial charge is 0.409 e. The van der Waals surface area contributed by atoms with Crippen molar-refractivity contribution in [3.8, 4) is 0 Å². The number of rotatable bonds is 3. The summed E-state index contributed by atoms with van der Waals surface area (Å²) >= 11 is 0.913. The maximum absolute atomic E-state index is 13.8. The van der Waals surface area contributed by atoms with Gasteiger partial charge in [0.05, 0.1) is 16.0 Å². The normalized spacial score (nSPS) is 11.8. The highest BCUT2D eigenvalue weighted by Crippen LogP contribution is 2.32. The quantitative estimate of drug-likeness (QED) is 0.391. The molecule has 0 bridgehead atoms. The fourth-order valence-electron chi connectivity index (χ4n) is 1.43. The minimum Gasteiger partial charge on any atom is -0.409 e. The first-order valence-corrected chi connectivity index (χ1v) is 5.96. The molecule has 2 rings (SSSR count). The summed E-state index contributed by atoms with van der Waals surface area (Å²) in [6, 6.07) is 2.02. The summed E-state index contributed by atoms with van der Waals surface area (Å²) in [4.78, 5) is 0.444. The van der Waals surface area contributed by atoms with Gasteiger partial charge in [0.1, 0.15) is 11.6 Å². The molecule has 0 aliphatic carbocycles. The monoisotopic (exact) mass is 284 g/mol. The van der Waals surface area contributed by atoms with Crippen LogP contribution < -0.4 is 5.73 Å². The van der Waals surface area contributed by atoms with Gasteiger partial charge in [-0.15, -0.1) is 0 Å². The molecule has 0 spiro atoms. The Labute approximate surface area is 111 Å². The molecule has 1 aromatic heterocycles. The zero-order chi connectivity index (χ0) is 14.0. The Kier molecular flexibility index (Phi) is 3.70. The Morgan fingerprint density at radius 3 is 2.53 bits per heavy atom. The van der Waals surface area contributed by atoms with Crippen LogP contribution in [-0.2, 0) is 7.05 Å². The summed E-state index contributed by atoms with van der Waals surface area (Å²) in [5, 5.41) is 15.1. The standard InChI is InChI=1S/C11H10F2N4OS/c1-17-5-7(4-15-17)19-10-8(12)2-6(3-9(10)13)11(14)16-18/h2-5,18H,1H3,(H2,14,16). The first-order valence-electron chi connectivity index (χ1n) is 5.14. The lowest BCUT2D eigenvalue weighted by Gasteiger charge is -2.06. The first kappa shape index (κ1) is 13.3. The summed E-state index contributed by atoms with van der Waals surface area (Å²) in [6.45, 7) is 0. The average molecular weight is 284 g/mol. The molecule has 0 unspecified atom stereocenters. The first-order chi connectivity index (χ1) is 9.01. The SMILES string of the molecule is Cn1cc(Sc2c(F)cc(/C(N)=N/O)cc2F)cn1. The topological polar surface area (TPSA) is 76.4 Å². The number of hydrogen-bond acceptors (Lipinski definition) is 4. The van der Waals surface area contributed by atoms with E-state index in [0.29, 0.717) is 4.90 Å². The average Bonchev–Trinajstić information content (AvgIpc) is 2.78. The second-order valence-electron chi connectivity index (χ2n) is 3.71. The second-order valence-corrected chi connectivity index (χ2v) is 4.79. The number of nitrogens with two attached hydrogens (primary N) is 1. The van der Waals surface area contributed by atoms with Gasteiger partial charge < -0.3 is 10.9 Å². The molecule has 1 heterocycles. The van der Waals surface area contributed by atoms with Crippen LogP contribution in [0.3, 0.4) is 0 Å². The molecule has 0 atom stereocenters. The van der Waals surface area contributed by atoms with Gasteiger partial charge in [-0.05, 0) is 12.1 Å². The van der Waals surface area contributed by atoms with Crippen molar-refractivity contribution < 1.29 is 14.0 Å². The highest BCUT2D eigenvalue weighted by Gasteiger charge is 2.15. The van der Waals surface area contributed by atoms with E-state index in [1.807, 2.05) is 0 Å². The van der Waals surface area contributed by atoms with E-state index >= 15 is 0 Å². The van der Waals surface area contributed by atoms with Gasteiger partial charge in [0.2, 0.25) is 0 Å². The highest BCUT2D eigenvalue weighted by atomic mass is 32.2. The molecule has 0 fully saturated rings. The van der Waals surface area contributed by atoms with Gasteiger partial charge in [0.25, 0.3) is 0 Å². The van der Waals surface area contributed by atoms with E-state index in [2.05, 4.69) is 10.3 Å². The van der Waals surface area contributed by atoms with Crippen LogP contribution in [0.15, 0.2) is 39.5 Å². The number of aryl methyl sites for hydroxylation is 1. The van der Waals surface area contributed by atoms with Gasteiger partial charge in [-0.2, -0.15) is 5.10 Å². The summed E-state index contributed by atoms with van der Waals surface area (Å²) in [6.07, 6.45) is 3.14. The van der Waals surface area contributed by atoms with Crippen molar-refractivity contribution in [3.05, 3.63) is 41.7 Å². The van der Waals surface area contributed by atoms with Gasteiger partial charge in [0, 0.05) is 18.8 Å². The molecule has 2 aromatic rings. The molecule has 1 aromatic carbocycles. The molecule has 3 N–H and O–H groups in total. The minimum atomic E-state index is -0.782. The van der Waals surface area contributed by atoms with E-state index in [1.54, 1.807) is 13.2 Å². The van der Waals surface area contributed by atoms with Crippen LogP contribution in [0.1, 0.15) is 5.56 Å². The minimum absolute atomic E-state index is 0.0203. The van der Waals surface area contributed by atoms with Gasteiger partial charge >= 0.3 is 0 Å². The number of aromatic nitrogens is 2. The molecule has 0 aliphatic rings. The molecular weight excluding hydrogens is 274 g/mol. The fraction of sp³-hybridized carbons (Fsp3) is 0.0909. The lowest BCUT2D eigenvalue weighted by atomic mass is 10.2. The molecule has 0 aliphatic heterocycles. The zero-order valence-electron chi connectivity index (χ0n) is 9.84. The van der Waals surface area contributed by atoms with Gasteiger partial charge in [-0.1, -0.05) is 16.9 Å². The van der Waals surface area contributed by atoms with Gasteiger partial charge in [-0.25, -0.2) is 8.78 Å². The summed E-state index contributed by atoms with van der Waals surface area (Å²) in [5.74, 6) is -1.92. The van der Waals surface area contributed by atoms with Crippen molar-refractivity contribution in [1.82, 2.24) is 9.78 Å². The maximum Gasteiger partial charge on any atom is 0.170 e. The predicted octanol–water partition coefficient (Wildman–Crippen LogP) is 1.94. The van der Waals surface area contributed by atoms with Crippen molar-refractivity contribution >= 4 is 17.6 Å². The Hall–Kier alpha value is -2.09. The van der Waals surface area contributed by atoms with Gasteiger partial charge in [-0.3, -0.25) is 4.68 Å². The highest BCUT2D eigenvalue weighted by molar-refractivity contribution is 7.99. The Bertz CT molecular complexity index is 618. The second kappa shape index (κ2) is 5.27. The van der Waals surface area contributed by atoms with E-state index in [9.17, 15) is 8.78 Å². The Balaban J connectivity index is 2.37. The van der Waals surface area contributed by atoms with Crippen molar-refractivity contribution in [1.29, 1.82) is 0 Å². The number of oxime groups is 1. The van der Waals surface area contributed by atoms with Crippen LogP contribution in [0.4, 0.5) is 8.78 Å². The number of benzene rings is 1. The molecule has 0 saturated carbocycles. The van der Waals surface area contributed by atoms with Crippen LogP contribution in [-0.4, -0.2) is 20.8 Å². The van der Waals surface area contributed by atoms with Crippen LogP contribution in [0.25, 0.3) is 0 Å². The van der Waals surface area contributed by atoms with Crippen LogP contribution in [0.5, 0.6) is 0 Å². The van der Waals surface area contributed by atoms with E-state index in [-0.39, 0.29) is 16.3 Å². The Morgan fingerprint density at radius 1 is 1.42 bits per heavy atom. The van der Waals surface area contributed by atoms with Crippen molar-refractivity contribution in [2.75, 3.05) is 0 Å². The maximum atomic E-state index is 13.8. The third-order valence-corrected chi connectivity index (χ3v) is 3.34. The predicted molar refractivity (Wildman–Crippen MR) is 66.2 cm³/mol. The molecule has 0 radical (unpaired) electrons. The summed E-state index contributed by atoms with van der Waals surface area (Å²) < 4.78 is 29.2. The molecule has 19 heavy (non-hydrogen) atoms. The van der Waals surface area contributed by atoms with E-state index in [0.717, 1.165) is 23.9 Å². The van der Waals surface area contributed by atoms with Crippen molar-refractivity contribution in [3.63, 3.8) is 0 Å². The number of hydrogen-bond donors (Lipinski definition) is 2. The van der Waals surface area contributed by atoms with Crippen molar-refractivity contribution in [2.24, 2.45) is 17.9 Å². The lowest BCUT2D eigenvalue weighted by Crippen LogP contribution is -2.14. The van der Waals surface area contributed by atoms with Crippen LogP contribution in [0.2, 0.25) is 0 Å². The third-order valence-electron chi connectivity index (χ3n) is 2.30. The number of nitrogens with zero attached hydrogens (tertiary/aromatic N) is 3. The third kappa shape index (κ3) is 2.84. The summed E-state index contributed by atoms with van der Waals surface area (Å²) in [5.41, 5.74) is 5.26. The summed E-state index contributed by atoms with van der Waals surface area (Å²) in [7, 11) is 1.71. The fourth-order valence-corrected chi connectivity index (χ4v) is 2.29. The molecule has 0 saturated heterocycles. The van der Waals surface area contributed by atoms with E-state index in [4.69, 9.17) is 10.9 Å². The number of amidine groups is 1. The van der Waals surface area contributed by atoms with Crippen LogP contribution >= 0.6 is 11.8 Å². The van der Waals surface area contributed by atoms with Gasteiger partial charge in [0.15, 0.2) is 5.84 Å².